The van der Waals surface area contributed by atoms with E-state index in [0.717, 1.165) is 34.6 Å². The largest absolute Gasteiger partial charge is 0.340 e. The zero-order valence-corrected chi connectivity index (χ0v) is 13.1. The van der Waals surface area contributed by atoms with Crippen LogP contribution in [0.15, 0.2) is 30.6 Å². The highest BCUT2D eigenvalue weighted by molar-refractivity contribution is 7.19. The maximum Gasteiger partial charge on any atom is 0.142 e. The Bertz CT molecular complexity index is 826. The fourth-order valence-corrected chi connectivity index (χ4v) is 4.23. The normalized spacial score (nSPS) is 17.5. The van der Waals surface area contributed by atoms with Gasteiger partial charge in [-0.1, -0.05) is 6.92 Å². The van der Waals surface area contributed by atoms with Crippen molar-refractivity contribution in [3.05, 3.63) is 46.9 Å². The molecule has 0 bridgehead atoms. The summed E-state index contributed by atoms with van der Waals surface area (Å²) in [5.41, 5.74) is 2.23. The lowest BCUT2D eigenvalue weighted by atomic mass is 9.88. The van der Waals surface area contributed by atoms with Gasteiger partial charge in [-0.15, -0.1) is 11.3 Å². The van der Waals surface area contributed by atoms with Crippen molar-refractivity contribution < 1.29 is 4.39 Å². The van der Waals surface area contributed by atoms with Gasteiger partial charge >= 0.3 is 0 Å². The second kappa shape index (κ2) is 5.32. The van der Waals surface area contributed by atoms with Crippen LogP contribution >= 0.6 is 11.3 Å². The molecule has 0 saturated heterocycles. The predicted octanol–water partition coefficient (Wildman–Crippen LogP) is 4.70. The van der Waals surface area contributed by atoms with E-state index in [1.807, 2.05) is 0 Å². The molecule has 1 aliphatic rings. The second-order valence-corrected chi connectivity index (χ2v) is 6.97. The third-order valence-electron chi connectivity index (χ3n) is 4.19. The van der Waals surface area contributed by atoms with Crippen molar-refractivity contribution in [1.29, 1.82) is 0 Å². The van der Waals surface area contributed by atoms with E-state index in [4.69, 9.17) is 0 Å². The standard InChI is InChI=1S/C17H16FN3S/c1-10-2-7-14-13(8-10)15-16(19-9-20-17(15)22-14)21-12-5-3-11(18)4-6-12/h3-6,9-10H,2,7-8H2,1H3,(H,19,20,21)/t10-/m0/s1. The van der Waals surface area contributed by atoms with Gasteiger partial charge in [0.05, 0.1) is 5.39 Å². The Balaban J connectivity index is 1.80. The van der Waals surface area contributed by atoms with Gasteiger partial charge < -0.3 is 5.32 Å². The fraction of sp³-hybridized carbons (Fsp3) is 0.294. The van der Waals surface area contributed by atoms with E-state index in [1.165, 1.54) is 29.0 Å². The van der Waals surface area contributed by atoms with Gasteiger partial charge in [0.1, 0.15) is 22.8 Å². The van der Waals surface area contributed by atoms with Crippen LogP contribution in [-0.2, 0) is 12.8 Å². The average molecular weight is 313 g/mol. The van der Waals surface area contributed by atoms with Crippen molar-refractivity contribution in [1.82, 2.24) is 9.97 Å². The molecule has 0 radical (unpaired) electrons. The highest BCUT2D eigenvalue weighted by Gasteiger charge is 2.23. The highest BCUT2D eigenvalue weighted by Crippen LogP contribution is 2.40. The third kappa shape index (κ3) is 2.35. The van der Waals surface area contributed by atoms with Gasteiger partial charge in [-0.05, 0) is 55.0 Å². The molecule has 0 spiro atoms. The van der Waals surface area contributed by atoms with E-state index >= 15 is 0 Å². The van der Waals surface area contributed by atoms with Gasteiger partial charge in [-0.3, -0.25) is 0 Å². The number of hydrogen-bond donors (Lipinski definition) is 1. The minimum absolute atomic E-state index is 0.236. The molecule has 0 amide bonds. The lowest BCUT2D eigenvalue weighted by Crippen LogP contribution is -2.09. The van der Waals surface area contributed by atoms with Crippen LogP contribution in [0.5, 0.6) is 0 Å². The first-order valence-corrected chi connectivity index (χ1v) is 8.30. The number of benzene rings is 1. The summed E-state index contributed by atoms with van der Waals surface area (Å²) in [5, 5.41) is 4.45. The van der Waals surface area contributed by atoms with Crippen molar-refractivity contribution in [2.24, 2.45) is 5.92 Å². The van der Waals surface area contributed by atoms with Crippen molar-refractivity contribution in [2.45, 2.75) is 26.2 Å². The van der Waals surface area contributed by atoms with Crippen LogP contribution in [0.25, 0.3) is 10.2 Å². The average Bonchev–Trinajstić information content (AvgIpc) is 2.88. The zero-order valence-electron chi connectivity index (χ0n) is 12.3. The van der Waals surface area contributed by atoms with Crippen LogP contribution < -0.4 is 5.32 Å². The van der Waals surface area contributed by atoms with Gasteiger partial charge in [0.15, 0.2) is 0 Å². The molecule has 1 N–H and O–H groups in total. The quantitative estimate of drug-likeness (QED) is 0.745. The summed E-state index contributed by atoms with van der Waals surface area (Å²) in [6, 6.07) is 6.35. The molecule has 112 valence electrons. The Morgan fingerprint density at radius 1 is 1.23 bits per heavy atom. The summed E-state index contributed by atoms with van der Waals surface area (Å²) in [6.45, 7) is 2.29. The molecule has 0 aliphatic heterocycles. The molecule has 0 fully saturated rings. The van der Waals surface area contributed by atoms with E-state index in [1.54, 1.807) is 29.8 Å². The molecule has 1 aliphatic carbocycles. The fourth-order valence-electron chi connectivity index (χ4n) is 3.05. The molecule has 1 aromatic carbocycles. The van der Waals surface area contributed by atoms with Gasteiger partial charge in [0.25, 0.3) is 0 Å². The highest BCUT2D eigenvalue weighted by atomic mass is 32.1. The van der Waals surface area contributed by atoms with Crippen LogP contribution in [0.4, 0.5) is 15.9 Å². The van der Waals surface area contributed by atoms with E-state index in [2.05, 4.69) is 22.2 Å². The Kier molecular flexibility index (Phi) is 3.30. The molecule has 22 heavy (non-hydrogen) atoms. The van der Waals surface area contributed by atoms with E-state index in [0.29, 0.717) is 5.92 Å². The van der Waals surface area contributed by atoms with Crippen LogP contribution in [0.2, 0.25) is 0 Å². The predicted molar refractivity (Wildman–Crippen MR) is 88.3 cm³/mol. The number of hydrogen-bond acceptors (Lipinski definition) is 4. The molecule has 0 unspecified atom stereocenters. The number of anilines is 2. The van der Waals surface area contributed by atoms with Gasteiger partial charge in [-0.2, -0.15) is 0 Å². The molecule has 4 rings (SSSR count). The maximum absolute atomic E-state index is 13.0. The molecule has 0 saturated carbocycles. The van der Waals surface area contributed by atoms with Crippen molar-refractivity contribution in [2.75, 3.05) is 5.32 Å². The molecule has 5 heteroatoms. The van der Waals surface area contributed by atoms with Gasteiger partial charge in [-0.25, -0.2) is 14.4 Å². The lowest BCUT2D eigenvalue weighted by molar-refractivity contribution is 0.508. The van der Waals surface area contributed by atoms with Gasteiger partial charge in [0.2, 0.25) is 0 Å². The molecule has 3 nitrogen and oxygen atoms in total. The number of thiophene rings is 1. The third-order valence-corrected chi connectivity index (χ3v) is 5.39. The topological polar surface area (TPSA) is 37.8 Å². The number of rotatable bonds is 2. The summed E-state index contributed by atoms with van der Waals surface area (Å²) < 4.78 is 13.0. The maximum atomic E-state index is 13.0. The van der Waals surface area contributed by atoms with Gasteiger partial charge in [0, 0.05) is 10.6 Å². The SMILES string of the molecule is C[C@H]1CCc2sc3ncnc(Nc4ccc(F)cc4)c3c2C1. The first-order valence-electron chi connectivity index (χ1n) is 7.48. The first kappa shape index (κ1) is 13.6. The molecule has 2 heterocycles. The molecule has 2 aromatic heterocycles. The summed E-state index contributed by atoms with van der Waals surface area (Å²) in [7, 11) is 0. The van der Waals surface area contributed by atoms with Crippen molar-refractivity contribution >= 4 is 33.1 Å². The number of nitrogens with one attached hydrogen (secondary N) is 1. The monoisotopic (exact) mass is 313 g/mol. The van der Waals surface area contributed by atoms with Crippen LogP contribution in [0, 0.1) is 11.7 Å². The zero-order chi connectivity index (χ0) is 15.1. The summed E-state index contributed by atoms with van der Waals surface area (Å²) >= 11 is 1.78. The number of halogens is 1. The molecule has 1 atom stereocenters. The number of nitrogens with zero attached hydrogens (tertiary/aromatic N) is 2. The number of fused-ring (bicyclic) bond motifs is 3. The number of aryl methyl sites for hydroxylation is 1. The Morgan fingerprint density at radius 3 is 2.86 bits per heavy atom. The van der Waals surface area contributed by atoms with E-state index in [-0.39, 0.29) is 5.82 Å². The summed E-state index contributed by atoms with van der Waals surface area (Å²) in [6.07, 6.45) is 5.06. The van der Waals surface area contributed by atoms with E-state index < -0.39 is 0 Å². The molecular formula is C17H16FN3S. The second-order valence-electron chi connectivity index (χ2n) is 5.89. The lowest BCUT2D eigenvalue weighted by Gasteiger charge is -2.18. The minimum Gasteiger partial charge on any atom is -0.340 e. The summed E-state index contributed by atoms with van der Waals surface area (Å²) in [4.78, 5) is 11.3. The smallest absolute Gasteiger partial charge is 0.142 e. The Labute approximate surface area is 132 Å². The number of aromatic nitrogens is 2. The van der Waals surface area contributed by atoms with Crippen molar-refractivity contribution in [3.63, 3.8) is 0 Å². The Morgan fingerprint density at radius 2 is 2.05 bits per heavy atom. The molecular weight excluding hydrogens is 297 g/mol. The van der Waals surface area contributed by atoms with E-state index in [9.17, 15) is 4.39 Å². The summed E-state index contributed by atoms with van der Waals surface area (Å²) in [5.74, 6) is 1.28. The Hall–Kier alpha value is -2.01. The minimum atomic E-state index is -0.236. The van der Waals surface area contributed by atoms with Crippen molar-refractivity contribution in [3.8, 4) is 0 Å². The van der Waals surface area contributed by atoms with Crippen LogP contribution in [0.3, 0.4) is 0 Å². The van der Waals surface area contributed by atoms with Crippen LogP contribution in [-0.4, -0.2) is 9.97 Å². The van der Waals surface area contributed by atoms with Crippen LogP contribution in [0.1, 0.15) is 23.8 Å². The first-order chi connectivity index (χ1) is 10.7. The molecule has 3 aromatic rings.